The molecule has 0 rings (SSSR count). The third-order valence-electron chi connectivity index (χ3n) is 2.02. The number of rotatable bonds is 9. The van der Waals surface area contributed by atoms with E-state index in [4.69, 9.17) is 0 Å². The van der Waals surface area contributed by atoms with Crippen molar-refractivity contribution in [1.29, 1.82) is 0 Å². The van der Waals surface area contributed by atoms with Crippen molar-refractivity contribution in [3.8, 4) is 0 Å². The largest absolute Gasteiger partial charge is 0.465 e. The number of aliphatic hydroxyl groups excluding tert-OH is 1. The van der Waals surface area contributed by atoms with Gasteiger partial charge in [-0.15, -0.1) is 0 Å². The number of carbonyl (C=O) groups excluding carboxylic acids is 1. The Labute approximate surface area is 109 Å². The van der Waals surface area contributed by atoms with Crippen LogP contribution < -0.4 is 5.32 Å². The molecule has 18 heavy (non-hydrogen) atoms. The van der Waals surface area contributed by atoms with Gasteiger partial charge in [0, 0.05) is 6.54 Å². The second-order valence-electron chi connectivity index (χ2n) is 4.57. The molecular formula is C11H23NO5S. The SMILES string of the molecule is CCOC(=O)CS(=O)(=O)CC(O)CNCC(C)C. The lowest BCUT2D eigenvalue weighted by molar-refractivity contribution is -0.139. The monoisotopic (exact) mass is 281 g/mol. The molecular weight excluding hydrogens is 258 g/mol. The average Bonchev–Trinajstić information content (AvgIpc) is 2.14. The molecule has 1 unspecified atom stereocenters. The molecule has 0 saturated heterocycles. The van der Waals surface area contributed by atoms with Gasteiger partial charge in [0.05, 0.1) is 18.5 Å². The molecule has 1 atom stereocenters. The Hall–Kier alpha value is -0.660. The maximum absolute atomic E-state index is 11.5. The van der Waals surface area contributed by atoms with Crippen LogP contribution in [0.4, 0.5) is 0 Å². The molecule has 0 saturated carbocycles. The van der Waals surface area contributed by atoms with Crippen LogP contribution >= 0.6 is 0 Å². The number of hydrogen-bond donors (Lipinski definition) is 2. The minimum atomic E-state index is -3.62. The zero-order valence-electron chi connectivity index (χ0n) is 11.2. The molecule has 0 aromatic rings. The standard InChI is InChI=1S/C11H23NO5S/c1-4-17-11(14)8-18(15,16)7-10(13)6-12-5-9(2)3/h9-10,12-13H,4-8H2,1-3H3. The molecule has 0 aliphatic rings. The smallest absolute Gasteiger partial charge is 0.321 e. The highest BCUT2D eigenvalue weighted by atomic mass is 32.2. The lowest BCUT2D eigenvalue weighted by Gasteiger charge is -2.13. The van der Waals surface area contributed by atoms with Crippen LogP contribution in [0.25, 0.3) is 0 Å². The van der Waals surface area contributed by atoms with Gasteiger partial charge in [0.25, 0.3) is 0 Å². The van der Waals surface area contributed by atoms with Crippen LogP contribution in [0.3, 0.4) is 0 Å². The maximum atomic E-state index is 11.5. The Bertz CT molecular complexity index is 339. The average molecular weight is 281 g/mol. The minimum Gasteiger partial charge on any atom is -0.465 e. The maximum Gasteiger partial charge on any atom is 0.321 e. The van der Waals surface area contributed by atoms with Gasteiger partial charge in [0.2, 0.25) is 0 Å². The van der Waals surface area contributed by atoms with E-state index in [1.807, 2.05) is 13.8 Å². The van der Waals surface area contributed by atoms with Crippen LogP contribution in [-0.2, 0) is 19.4 Å². The number of carbonyl (C=O) groups is 1. The summed E-state index contributed by atoms with van der Waals surface area (Å²) in [5.41, 5.74) is 0. The molecule has 0 radical (unpaired) electrons. The second-order valence-corrected chi connectivity index (χ2v) is 6.67. The first-order valence-electron chi connectivity index (χ1n) is 6.01. The van der Waals surface area contributed by atoms with Crippen molar-refractivity contribution in [3.63, 3.8) is 0 Å². The van der Waals surface area contributed by atoms with Crippen molar-refractivity contribution in [2.24, 2.45) is 5.92 Å². The van der Waals surface area contributed by atoms with Crippen LogP contribution in [0.2, 0.25) is 0 Å². The fraction of sp³-hybridized carbons (Fsp3) is 0.909. The Morgan fingerprint density at radius 3 is 2.44 bits per heavy atom. The zero-order chi connectivity index (χ0) is 14.2. The zero-order valence-corrected chi connectivity index (χ0v) is 12.0. The number of aliphatic hydroxyl groups is 1. The van der Waals surface area contributed by atoms with Crippen molar-refractivity contribution in [1.82, 2.24) is 5.32 Å². The van der Waals surface area contributed by atoms with Crippen LogP contribution in [0.15, 0.2) is 0 Å². The van der Waals surface area contributed by atoms with Gasteiger partial charge in [-0.25, -0.2) is 8.42 Å². The highest BCUT2D eigenvalue weighted by Crippen LogP contribution is 1.97. The molecule has 2 N–H and O–H groups in total. The van der Waals surface area contributed by atoms with E-state index in [-0.39, 0.29) is 13.2 Å². The summed E-state index contributed by atoms with van der Waals surface area (Å²) in [6.07, 6.45) is -1.01. The molecule has 0 bridgehead atoms. The Morgan fingerprint density at radius 1 is 1.33 bits per heavy atom. The van der Waals surface area contributed by atoms with Crippen LogP contribution in [0.1, 0.15) is 20.8 Å². The van der Waals surface area contributed by atoms with E-state index in [9.17, 15) is 18.3 Å². The Balaban J connectivity index is 4.04. The lowest BCUT2D eigenvalue weighted by atomic mass is 10.2. The summed E-state index contributed by atoms with van der Waals surface area (Å²) in [6.45, 7) is 6.67. The van der Waals surface area contributed by atoms with Crippen molar-refractivity contribution < 1.29 is 23.1 Å². The molecule has 0 aromatic carbocycles. The van der Waals surface area contributed by atoms with Gasteiger partial charge in [-0.05, 0) is 19.4 Å². The van der Waals surface area contributed by atoms with Crippen molar-refractivity contribution in [3.05, 3.63) is 0 Å². The fourth-order valence-electron chi connectivity index (χ4n) is 1.33. The number of nitrogens with one attached hydrogen (secondary N) is 1. The summed E-state index contributed by atoms with van der Waals surface area (Å²) < 4.78 is 27.6. The minimum absolute atomic E-state index is 0.146. The van der Waals surface area contributed by atoms with E-state index in [0.717, 1.165) is 0 Å². The summed E-state index contributed by atoms with van der Waals surface area (Å²) in [6, 6.07) is 0. The first-order valence-corrected chi connectivity index (χ1v) is 7.83. The molecule has 0 aliphatic carbocycles. The van der Waals surface area contributed by atoms with Crippen molar-refractivity contribution in [2.45, 2.75) is 26.9 Å². The predicted octanol–water partition coefficient (Wildman–Crippen LogP) is -0.429. The topological polar surface area (TPSA) is 92.7 Å². The summed E-state index contributed by atoms with van der Waals surface area (Å²) in [5, 5.41) is 12.5. The molecule has 0 aliphatic heterocycles. The lowest BCUT2D eigenvalue weighted by Crippen LogP contribution is -2.36. The molecule has 0 heterocycles. The van der Waals surface area contributed by atoms with E-state index in [1.54, 1.807) is 6.92 Å². The number of ether oxygens (including phenoxy) is 1. The van der Waals surface area contributed by atoms with E-state index < -0.39 is 33.4 Å². The summed E-state index contributed by atoms with van der Waals surface area (Å²) in [5.74, 6) is -1.47. The molecule has 6 nitrogen and oxygen atoms in total. The van der Waals surface area contributed by atoms with Crippen LogP contribution in [0.5, 0.6) is 0 Å². The number of sulfone groups is 1. The van der Waals surface area contributed by atoms with E-state index in [2.05, 4.69) is 10.1 Å². The highest BCUT2D eigenvalue weighted by molar-refractivity contribution is 7.92. The summed E-state index contributed by atoms with van der Waals surface area (Å²) in [7, 11) is -3.62. The molecule has 7 heteroatoms. The van der Waals surface area contributed by atoms with Gasteiger partial charge in [0.1, 0.15) is 5.75 Å². The fourth-order valence-corrected chi connectivity index (χ4v) is 2.60. The van der Waals surface area contributed by atoms with Gasteiger partial charge in [0.15, 0.2) is 9.84 Å². The van der Waals surface area contributed by atoms with Gasteiger partial charge < -0.3 is 15.2 Å². The molecule has 0 fully saturated rings. The van der Waals surface area contributed by atoms with Gasteiger partial charge in [-0.1, -0.05) is 13.8 Å². The summed E-state index contributed by atoms with van der Waals surface area (Å²) in [4.78, 5) is 11.0. The first kappa shape index (κ1) is 17.3. The second kappa shape index (κ2) is 8.44. The third-order valence-corrected chi connectivity index (χ3v) is 3.59. The molecule has 108 valence electrons. The Kier molecular flexibility index (Phi) is 8.13. The van der Waals surface area contributed by atoms with E-state index >= 15 is 0 Å². The molecule has 0 spiro atoms. The Morgan fingerprint density at radius 2 is 1.94 bits per heavy atom. The van der Waals surface area contributed by atoms with E-state index in [0.29, 0.717) is 12.5 Å². The van der Waals surface area contributed by atoms with Crippen LogP contribution in [-0.4, -0.2) is 56.8 Å². The van der Waals surface area contributed by atoms with Crippen molar-refractivity contribution >= 4 is 15.8 Å². The van der Waals surface area contributed by atoms with Crippen molar-refractivity contribution in [2.75, 3.05) is 31.2 Å². The predicted molar refractivity (Wildman–Crippen MR) is 69.0 cm³/mol. The number of hydrogen-bond acceptors (Lipinski definition) is 6. The third kappa shape index (κ3) is 9.38. The molecule has 0 amide bonds. The number of esters is 1. The van der Waals surface area contributed by atoms with Crippen LogP contribution in [0, 0.1) is 5.92 Å². The normalized spacial score (nSPS) is 13.6. The van der Waals surface area contributed by atoms with Gasteiger partial charge >= 0.3 is 5.97 Å². The highest BCUT2D eigenvalue weighted by Gasteiger charge is 2.21. The quantitative estimate of drug-likeness (QED) is 0.557. The van der Waals surface area contributed by atoms with Gasteiger partial charge in [-0.3, -0.25) is 4.79 Å². The molecule has 0 aromatic heterocycles. The first-order chi connectivity index (χ1) is 8.26. The summed E-state index contributed by atoms with van der Waals surface area (Å²) >= 11 is 0. The van der Waals surface area contributed by atoms with E-state index in [1.165, 1.54) is 0 Å². The van der Waals surface area contributed by atoms with Gasteiger partial charge in [-0.2, -0.15) is 0 Å².